The molecule has 0 radical (unpaired) electrons. The number of benzene rings is 1. The number of halogens is 3. The average Bonchev–Trinajstić information content (AvgIpc) is 2.55. The smallest absolute Gasteiger partial charge is 0.347 e. The van der Waals surface area contributed by atoms with Gasteiger partial charge in [0, 0.05) is 24.9 Å². The Morgan fingerprint density at radius 1 is 1.00 bits per heavy atom. The molecule has 0 unspecified atom stereocenters. The van der Waals surface area contributed by atoms with E-state index in [0.29, 0.717) is 6.42 Å². The molecule has 0 aliphatic heterocycles. The van der Waals surface area contributed by atoms with Crippen LogP contribution in [0.4, 0.5) is 18.9 Å². The lowest BCUT2D eigenvalue weighted by Crippen LogP contribution is -2.36. The van der Waals surface area contributed by atoms with E-state index < -0.39 is 29.2 Å². The van der Waals surface area contributed by atoms with Gasteiger partial charge < -0.3 is 10.6 Å². The number of nitrogens with one attached hydrogen (secondary N) is 2. The molecule has 2 aromatic rings. The Hall–Kier alpha value is -2.90. The summed E-state index contributed by atoms with van der Waals surface area (Å²) in [7, 11) is 0. The Kier molecular flexibility index (Phi) is 5.51. The van der Waals surface area contributed by atoms with Crippen molar-refractivity contribution >= 4 is 17.5 Å². The summed E-state index contributed by atoms with van der Waals surface area (Å²) in [5.41, 5.74) is -0.755. The lowest BCUT2D eigenvalue weighted by atomic mass is 10.1. The van der Waals surface area contributed by atoms with Crippen LogP contribution in [0.3, 0.4) is 0 Å². The first-order chi connectivity index (χ1) is 11.4. The van der Waals surface area contributed by atoms with Gasteiger partial charge in [0.1, 0.15) is 0 Å². The number of alkyl halides is 3. The van der Waals surface area contributed by atoms with Crippen molar-refractivity contribution in [1.82, 2.24) is 10.3 Å². The van der Waals surface area contributed by atoms with Crippen molar-refractivity contribution in [3.63, 3.8) is 0 Å². The Labute approximate surface area is 135 Å². The molecule has 2 amide bonds. The van der Waals surface area contributed by atoms with E-state index in [-0.39, 0.29) is 6.54 Å². The van der Waals surface area contributed by atoms with E-state index in [1.165, 1.54) is 12.1 Å². The molecule has 1 heterocycles. The molecule has 24 heavy (non-hydrogen) atoms. The Bertz CT molecular complexity index is 718. The van der Waals surface area contributed by atoms with Gasteiger partial charge in [0.25, 0.3) is 0 Å². The zero-order valence-corrected chi connectivity index (χ0v) is 12.4. The first-order valence-corrected chi connectivity index (χ1v) is 7.03. The van der Waals surface area contributed by atoms with Gasteiger partial charge in [-0.05, 0) is 24.3 Å². The monoisotopic (exact) mass is 337 g/mol. The van der Waals surface area contributed by atoms with E-state index in [1.54, 1.807) is 24.4 Å². The van der Waals surface area contributed by atoms with E-state index in [4.69, 9.17) is 0 Å². The minimum atomic E-state index is -4.63. The van der Waals surface area contributed by atoms with E-state index in [9.17, 15) is 22.8 Å². The highest BCUT2D eigenvalue weighted by Crippen LogP contribution is 2.34. The van der Waals surface area contributed by atoms with Gasteiger partial charge in [-0.2, -0.15) is 13.2 Å². The summed E-state index contributed by atoms with van der Waals surface area (Å²) in [6.07, 6.45) is -2.63. The summed E-state index contributed by atoms with van der Waals surface area (Å²) >= 11 is 0. The van der Waals surface area contributed by atoms with Crippen LogP contribution in [0, 0.1) is 0 Å². The van der Waals surface area contributed by atoms with E-state index in [2.05, 4.69) is 10.3 Å². The van der Waals surface area contributed by atoms with Crippen molar-refractivity contribution in [1.29, 1.82) is 0 Å². The predicted octanol–water partition coefficient (Wildman–Crippen LogP) is 2.40. The standard InChI is InChI=1S/C16H14F3N3O2/c17-16(18,19)12-6-1-2-7-13(12)22-15(24)14(23)21-10-8-11-5-3-4-9-20-11/h1-7,9H,8,10H2,(H,21,23)(H,22,24). The van der Waals surface area contributed by atoms with Gasteiger partial charge in [0.15, 0.2) is 0 Å². The lowest BCUT2D eigenvalue weighted by Gasteiger charge is -2.13. The minimum absolute atomic E-state index is 0.143. The third kappa shape index (κ3) is 4.80. The number of hydrogen-bond acceptors (Lipinski definition) is 3. The van der Waals surface area contributed by atoms with Crippen LogP contribution in [0.25, 0.3) is 0 Å². The maximum absolute atomic E-state index is 12.8. The van der Waals surface area contributed by atoms with Crippen LogP contribution < -0.4 is 10.6 Å². The summed E-state index contributed by atoms with van der Waals surface area (Å²) in [5.74, 6) is -2.17. The van der Waals surface area contributed by atoms with Gasteiger partial charge >= 0.3 is 18.0 Å². The molecule has 2 N–H and O–H groups in total. The molecule has 0 atom stereocenters. The maximum Gasteiger partial charge on any atom is 0.418 e. The molecule has 0 bridgehead atoms. The fourth-order valence-corrected chi connectivity index (χ4v) is 1.95. The molecule has 0 spiro atoms. The van der Waals surface area contributed by atoms with Crippen LogP contribution in [0.15, 0.2) is 48.7 Å². The quantitative estimate of drug-likeness (QED) is 0.842. The second kappa shape index (κ2) is 7.58. The van der Waals surface area contributed by atoms with Gasteiger partial charge in [-0.15, -0.1) is 0 Å². The Morgan fingerprint density at radius 2 is 1.71 bits per heavy atom. The fourth-order valence-electron chi connectivity index (χ4n) is 1.95. The van der Waals surface area contributed by atoms with Gasteiger partial charge in [-0.1, -0.05) is 18.2 Å². The summed E-state index contributed by atoms with van der Waals surface area (Å²) in [4.78, 5) is 27.5. The van der Waals surface area contributed by atoms with Gasteiger partial charge in [0.05, 0.1) is 11.3 Å². The zero-order valence-electron chi connectivity index (χ0n) is 12.4. The summed E-state index contributed by atoms with van der Waals surface area (Å²) in [6.45, 7) is 0.143. The van der Waals surface area contributed by atoms with Crippen LogP contribution in [0.1, 0.15) is 11.3 Å². The number of para-hydroxylation sites is 1. The maximum atomic E-state index is 12.8. The second-order valence-corrected chi connectivity index (χ2v) is 4.82. The molecule has 0 aliphatic rings. The fraction of sp³-hybridized carbons (Fsp3) is 0.188. The van der Waals surface area contributed by atoms with E-state index in [1.807, 2.05) is 5.32 Å². The van der Waals surface area contributed by atoms with Crippen LogP contribution >= 0.6 is 0 Å². The second-order valence-electron chi connectivity index (χ2n) is 4.82. The summed E-state index contributed by atoms with van der Waals surface area (Å²) in [5, 5.41) is 4.32. The predicted molar refractivity (Wildman–Crippen MR) is 81.0 cm³/mol. The molecule has 5 nitrogen and oxygen atoms in total. The van der Waals surface area contributed by atoms with Crippen molar-refractivity contribution < 1.29 is 22.8 Å². The topological polar surface area (TPSA) is 71.1 Å². The van der Waals surface area contributed by atoms with Crippen molar-refractivity contribution in [2.75, 3.05) is 11.9 Å². The number of rotatable bonds is 4. The molecule has 0 fully saturated rings. The molecule has 126 valence electrons. The number of carbonyl (C=O) groups excluding carboxylic acids is 2. The van der Waals surface area contributed by atoms with Crippen molar-refractivity contribution in [2.24, 2.45) is 0 Å². The van der Waals surface area contributed by atoms with Gasteiger partial charge in [0.2, 0.25) is 0 Å². The number of anilines is 1. The van der Waals surface area contributed by atoms with Gasteiger partial charge in [-0.25, -0.2) is 0 Å². The third-order valence-corrected chi connectivity index (χ3v) is 3.08. The molecule has 0 aliphatic carbocycles. The minimum Gasteiger partial charge on any atom is -0.347 e. The molecule has 1 aromatic heterocycles. The Balaban J connectivity index is 1.92. The SMILES string of the molecule is O=C(NCCc1ccccn1)C(=O)Nc1ccccc1C(F)(F)F. The average molecular weight is 337 g/mol. The molecule has 2 rings (SSSR count). The first kappa shape index (κ1) is 17.5. The first-order valence-electron chi connectivity index (χ1n) is 7.03. The molecular weight excluding hydrogens is 323 g/mol. The number of amides is 2. The molecule has 8 heteroatoms. The highest BCUT2D eigenvalue weighted by atomic mass is 19.4. The number of aromatic nitrogens is 1. The van der Waals surface area contributed by atoms with Crippen LogP contribution in [-0.4, -0.2) is 23.3 Å². The largest absolute Gasteiger partial charge is 0.418 e. The van der Waals surface area contributed by atoms with Crippen molar-refractivity contribution in [2.45, 2.75) is 12.6 Å². The molecular formula is C16H14F3N3O2. The lowest BCUT2D eigenvalue weighted by molar-refractivity contribution is -0.138. The Morgan fingerprint density at radius 3 is 2.38 bits per heavy atom. The highest BCUT2D eigenvalue weighted by molar-refractivity contribution is 6.39. The van der Waals surface area contributed by atoms with Gasteiger partial charge in [-0.3, -0.25) is 14.6 Å². The van der Waals surface area contributed by atoms with E-state index >= 15 is 0 Å². The van der Waals surface area contributed by atoms with Crippen molar-refractivity contribution in [3.05, 3.63) is 59.9 Å². The number of pyridine rings is 1. The number of nitrogens with zero attached hydrogens (tertiary/aromatic N) is 1. The molecule has 1 aromatic carbocycles. The summed E-state index contributed by atoms with van der Waals surface area (Å²) < 4.78 is 38.5. The molecule has 0 saturated heterocycles. The van der Waals surface area contributed by atoms with Crippen LogP contribution in [-0.2, 0) is 22.2 Å². The number of hydrogen-bond donors (Lipinski definition) is 2. The summed E-state index contributed by atoms with van der Waals surface area (Å²) in [6, 6.07) is 9.73. The van der Waals surface area contributed by atoms with Crippen molar-refractivity contribution in [3.8, 4) is 0 Å². The van der Waals surface area contributed by atoms with Crippen LogP contribution in [0.5, 0.6) is 0 Å². The third-order valence-electron chi connectivity index (χ3n) is 3.08. The van der Waals surface area contributed by atoms with Crippen LogP contribution in [0.2, 0.25) is 0 Å². The zero-order chi connectivity index (χ0) is 17.6. The van der Waals surface area contributed by atoms with E-state index in [0.717, 1.165) is 17.8 Å². The molecule has 0 saturated carbocycles. The normalized spacial score (nSPS) is 11.0. The highest BCUT2D eigenvalue weighted by Gasteiger charge is 2.33. The number of carbonyl (C=O) groups is 2.